The molecule has 3 atom stereocenters. The fourth-order valence-electron chi connectivity index (χ4n) is 3.57. The monoisotopic (exact) mass is 383 g/mol. The van der Waals surface area contributed by atoms with E-state index in [2.05, 4.69) is 10.6 Å². The maximum absolute atomic E-state index is 13.3. The predicted molar refractivity (Wildman–Crippen MR) is 105 cm³/mol. The van der Waals surface area contributed by atoms with Crippen LogP contribution in [-0.4, -0.2) is 52.1 Å². The number of rotatable bonds is 3. The van der Waals surface area contributed by atoms with Gasteiger partial charge >= 0.3 is 12.0 Å². The number of carbonyl (C=O) groups is 3. The molecular weight excluding hydrogens is 346 g/mol. The smallest absolute Gasteiger partial charge is 0.326 e. The van der Waals surface area contributed by atoms with Gasteiger partial charge < -0.3 is 20.6 Å². The van der Waals surface area contributed by atoms with Crippen LogP contribution in [0.25, 0.3) is 0 Å². The molecule has 1 fully saturated rings. The van der Waals surface area contributed by atoms with Gasteiger partial charge in [-0.25, -0.2) is 9.59 Å². The van der Waals surface area contributed by atoms with Crippen LogP contribution in [0.3, 0.4) is 0 Å². The minimum atomic E-state index is -0.993. The van der Waals surface area contributed by atoms with Crippen LogP contribution in [0.5, 0.6) is 0 Å². The van der Waals surface area contributed by atoms with Crippen LogP contribution in [0.15, 0.2) is 0 Å². The van der Waals surface area contributed by atoms with Gasteiger partial charge in [0.1, 0.15) is 12.1 Å². The lowest BCUT2D eigenvalue weighted by atomic mass is 9.76. The Labute approximate surface area is 163 Å². The van der Waals surface area contributed by atoms with E-state index in [1.165, 1.54) is 4.90 Å². The van der Waals surface area contributed by atoms with Gasteiger partial charge in [0.05, 0.1) is 0 Å². The molecule has 1 aliphatic heterocycles. The van der Waals surface area contributed by atoms with E-state index in [-0.39, 0.29) is 17.2 Å². The second-order valence-electron chi connectivity index (χ2n) is 10.7. The lowest BCUT2D eigenvalue weighted by Crippen LogP contribution is -2.60. The lowest BCUT2D eigenvalue weighted by molar-refractivity contribution is -0.152. The first kappa shape index (κ1) is 23.2. The van der Waals surface area contributed by atoms with Crippen molar-refractivity contribution in [3.05, 3.63) is 0 Å². The highest BCUT2D eigenvalue weighted by atomic mass is 16.4. The molecule has 0 aromatic rings. The van der Waals surface area contributed by atoms with E-state index in [1.54, 1.807) is 0 Å². The van der Waals surface area contributed by atoms with E-state index in [9.17, 15) is 19.5 Å². The average molecular weight is 384 g/mol. The first-order valence-electron chi connectivity index (χ1n) is 9.57. The average Bonchev–Trinajstić information content (AvgIpc) is 2.85. The van der Waals surface area contributed by atoms with E-state index in [4.69, 9.17) is 0 Å². The minimum absolute atomic E-state index is 0.136. The van der Waals surface area contributed by atoms with Crippen LogP contribution < -0.4 is 10.6 Å². The number of nitrogens with one attached hydrogen (secondary N) is 2. The Morgan fingerprint density at radius 1 is 1.00 bits per heavy atom. The van der Waals surface area contributed by atoms with Gasteiger partial charge in [-0.1, -0.05) is 41.5 Å². The molecule has 1 unspecified atom stereocenters. The van der Waals surface area contributed by atoms with Crippen molar-refractivity contribution in [2.45, 2.75) is 86.4 Å². The number of urea groups is 1. The number of hydrogen-bond donors (Lipinski definition) is 3. The predicted octanol–water partition coefficient (Wildman–Crippen LogP) is 2.85. The van der Waals surface area contributed by atoms with Gasteiger partial charge in [-0.05, 0) is 43.9 Å². The largest absolute Gasteiger partial charge is 0.480 e. The standard InChI is InChI=1S/C20H37N3O4/c1-18(2,3)12-10-11-23(13(12)16(25)26)15(24)14(19(4,5)6)21-17(27)22-20(7,8)9/h12-14H,10-11H2,1-9H3,(H,25,26)(H2,21,22,27)/t12?,13-,14+/m0/s1. The summed E-state index contributed by atoms with van der Waals surface area (Å²) in [5.41, 5.74) is -1.23. The first-order valence-corrected chi connectivity index (χ1v) is 9.57. The van der Waals surface area contributed by atoms with Crippen molar-refractivity contribution in [1.29, 1.82) is 0 Å². The fourth-order valence-corrected chi connectivity index (χ4v) is 3.57. The second kappa shape index (κ2) is 7.68. The van der Waals surface area contributed by atoms with Gasteiger partial charge in [-0.15, -0.1) is 0 Å². The van der Waals surface area contributed by atoms with Crippen molar-refractivity contribution in [2.24, 2.45) is 16.7 Å². The van der Waals surface area contributed by atoms with E-state index in [0.717, 1.165) is 0 Å². The molecule has 1 saturated heterocycles. The summed E-state index contributed by atoms with van der Waals surface area (Å²) in [7, 11) is 0. The van der Waals surface area contributed by atoms with Gasteiger partial charge in [-0.2, -0.15) is 0 Å². The quantitative estimate of drug-likeness (QED) is 0.698. The lowest BCUT2D eigenvalue weighted by Gasteiger charge is -2.37. The summed E-state index contributed by atoms with van der Waals surface area (Å²) in [6.07, 6.45) is 0.636. The molecule has 1 rings (SSSR count). The summed E-state index contributed by atoms with van der Waals surface area (Å²) in [4.78, 5) is 39.1. The first-order chi connectivity index (χ1) is 11.9. The maximum atomic E-state index is 13.3. The molecule has 0 saturated carbocycles. The third kappa shape index (κ3) is 6.11. The molecule has 1 heterocycles. The highest BCUT2D eigenvalue weighted by Crippen LogP contribution is 2.39. The van der Waals surface area contributed by atoms with E-state index in [0.29, 0.717) is 13.0 Å². The number of carboxylic acids is 1. The summed E-state index contributed by atoms with van der Waals surface area (Å²) < 4.78 is 0. The third-order valence-electron chi connectivity index (χ3n) is 4.92. The fraction of sp³-hybridized carbons (Fsp3) is 0.850. The minimum Gasteiger partial charge on any atom is -0.480 e. The number of nitrogens with zero attached hydrogens (tertiary/aromatic N) is 1. The number of amides is 3. The Kier molecular flexibility index (Phi) is 6.61. The van der Waals surface area contributed by atoms with Crippen molar-refractivity contribution in [3.8, 4) is 0 Å². The van der Waals surface area contributed by atoms with Crippen LogP contribution in [0, 0.1) is 16.7 Å². The van der Waals surface area contributed by atoms with Crippen LogP contribution in [-0.2, 0) is 9.59 Å². The zero-order chi connectivity index (χ0) is 21.4. The molecule has 3 N–H and O–H groups in total. The molecule has 1 aliphatic rings. The highest BCUT2D eigenvalue weighted by Gasteiger charge is 2.49. The van der Waals surface area contributed by atoms with Crippen LogP contribution in [0.1, 0.15) is 68.7 Å². The normalized spacial score (nSPS) is 22.3. The molecule has 156 valence electrons. The number of likely N-dealkylation sites (tertiary alicyclic amines) is 1. The molecule has 0 aromatic heterocycles. The number of aliphatic carboxylic acids is 1. The molecule has 0 radical (unpaired) electrons. The van der Waals surface area contributed by atoms with E-state index >= 15 is 0 Å². The molecule has 0 aromatic carbocycles. The molecule has 3 amide bonds. The number of carboxylic acid groups (broad SMARTS) is 1. The Hall–Kier alpha value is -1.79. The third-order valence-corrected chi connectivity index (χ3v) is 4.92. The van der Waals surface area contributed by atoms with Gasteiger partial charge in [0.25, 0.3) is 0 Å². The Morgan fingerprint density at radius 2 is 1.52 bits per heavy atom. The van der Waals surface area contributed by atoms with Crippen molar-refractivity contribution < 1.29 is 19.5 Å². The zero-order valence-corrected chi connectivity index (χ0v) is 18.3. The van der Waals surface area contributed by atoms with Crippen molar-refractivity contribution in [2.75, 3.05) is 6.54 Å². The van der Waals surface area contributed by atoms with Crippen molar-refractivity contribution in [1.82, 2.24) is 15.5 Å². The summed E-state index contributed by atoms with van der Waals surface area (Å²) in [5, 5.41) is 15.4. The summed E-state index contributed by atoms with van der Waals surface area (Å²) in [6, 6.07) is -2.13. The second-order valence-corrected chi connectivity index (χ2v) is 10.7. The van der Waals surface area contributed by atoms with Gasteiger partial charge in [0, 0.05) is 12.1 Å². The van der Waals surface area contributed by atoms with Gasteiger partial charge in [0.15, 0.2) is 0 Å². The van der Waals surface area contributed by atoms with Gasteiger partial charge in [-0.3, -0.25) is 4.79 Å². The molecular formula is C20H37N3O4. The Morgan fingerprint density at radius 3 is 1.89 bits per heavy atom. The van der Waals surface area contributed by atoms with Crippen molar-refractivity contribution in [3.63, 3.8) is 0 Å². The number of hydrogen-bond acceptors (Lipinski definition) is 3. The van der Waals surface area contributed by atoms with Crippen LogP contribution >= 0.6 is 0 Å². The number of carbonyl (C=O) groups excluding carboxylic acids is 2. The molecule has 27 heavy (non-hydrogen) atoms. The van der Waals surface area contributed by atoms with Crippen LogP contribution in [0.2, 0.25) is 0 Å². The molecule has 7 nitrogen and oxygen atoms in total. The zero-order valence-electron chi connectivity index (χ0n) is 18.3. The van der Waals surface area contributed by atoms with Crippen LogP contribution in [0.4, 0.5) is 4.79 Å². The molecule has 7 heteroatoms. The Balaban J connectivity index is 3.12. The topological polar surface area (TPSA) is 98.7 Å². The summed E-state index contributed by atoms with van der Waals surface area (Å²) in [5.74, 6) is -1.47. The van der Waals surface area contributed by atoms with Crippen molar-refractivity contribution >= 4 is 17.9 Å². The Bertz CT molecular complexity index is 582. The summed E-state index contributed by atoms with van der Waals surface area (Å²) >= 11 is 0. The van der Waals surface area contributed by atoms with E-state index < -0.39 is 35.0 Å². The summed E-state index contributed by atoms with van der Waals surface area (Å²) in [6.45, 7) is 17.5. The highest BCUT2D eigenvalue weighted by molar-refractivity contribution is 5.91. The molecule has 0 bridgehead atoms. The van der Waals surface area contributed by atoms with E-state index in [1.807, 2.05) is 62.3 Å². The SMILES string of the molecule is CC(C)(C)NC(=O)N[C@H](C(=O)N1CCC(C(C)(C)C)[C@H]1C(=O)O)C(C)(C)C. The van der Waals surface area contributed by atoms with Gasteiger partial charge in [0.2, 0.25) is 5.91 Å². The molecule has 0 spiro atoms. The maximum Gasteiger partial charge on any atom is 0.326 e. The molecule has 0 aliphatic carbocycles.